The van der Waals surface area contributed by atoms with Gasteiger partial charge in [0, 0.05) is 17.0 Å². The zero-order valence-electron chi connectivity index (χ0n) is 14.7. The molecule has 2 N–H and O–H groups in total. The number of aromatic hydroxyl groups is 1. The number of hydrogen-bond donors (Lipinski definition) is 2. The quantitative estimate of drug-likeness (QED) is 0.481. The molecule has 0 aliphatic carbocycles. The lowest BCUT2D eigenvalue weighted by atomic mass is 10.1. The van der Waals surface area contributed by atoms with E-state index < -0.39 is 0 Å². The van der Waals surface area contributed by atoms with Crippen molar-refractivity contribution < 1.29 is 5.11 Å². The van der Waals surface area contributed by atoms with Crippen LogP contribution in [-0.4, -0.2) is 15.1 Å². The molecule has 0 aliphatic heterocycles. The summed E-state index contributed by atoms with van der Waals surface area (Å²) in [5.74, 6) is 1.86. The van der Waals surface area contributed by atoms with Crippen molar-refractivity contribution in [2.24, 2.45) is 0 Å². The lowest BCUT2D eigenvalue weighted by Crippen LogP contribution is -2.02. The Morgan fingerprint density at radius 3 is 2.42 bits per heavy atom. The SMILES string of the molecule is Cc1sc2nc(Cc3ccccc3)nc(Nc3ccc(O)cc3)c2c1C. The number of aromatic nitrogens is 2. The summed E-state index contributed by atoms with van der Waals surface area (Å²) >= 11 is 1.70. The van der Waals surface area contributed by atoms with Gasteiger partial charge >= 0.3 is 0 Å². The number of rotatable bonds is 4. The van der Waals surface area contributed by atoms with Crippen molar-refractivity contribution in [1.82, 2.24) is 9.97 Å². The molecule has 2 aromatic heterocycles. The van der Waals surface area contributed by atoms with E-state index >= 15 is 0 Å². The zero-order chi connectivity index (χ0) is 18.1. The molecule has 5 heteroatoms. The molecule has 4 rings (SSSR count). The lowest BCUT2D eigenvalue weighted by molar-refractivity contribution is 0.475. The molecule has 0 spiro atoms. The fourth-order valence-electron chi connectivity index (χ4n) is 2.92. The Balaban J connectivity index is 1.79. The highest BCUT2D eigenvalue weighted by Crippen LogP contribution is 2.35. The molecular weight excluding hydrogens is 342 g/mol. The first kappa shape index (κ1) is 16.5. The number of fused-ring (bicyclic) bond motifs is 1. The van der Waals surface area contributed by atoms with E-state index in [1.54, 1.807) is 23.5 Å². The summed E-state index contributed by atoms with van der Waals surface area (Å²) in [5, 5.41) is 14.0. The zero-order valence-corrected chi connectivity index (χ0v) is 15.5. The van der Waals surface area contributed by atoms with E-state index in [0.29, 0.717) is 6.42 Å². The molecule has 0 atom stereocenters. The highest BCUT2D eigenvalue weighted by molar-refractivity contribution is 7.18. The number of nitrogens with one attached hydrogen (secondary N) is 1. The van der Waals surface area contributed by atoms with Crippen LogP contribution in [0.5, 0.6) is 5.75 Å². The van der Waals surface area contributed by atoms with E-state index in [-0.39, 0.29) is 5.75 Å². The van der Waals surface area contributed by atoms with Gasteiger partial charge in [0.15, 0.2) is 0 Å². The molecule has 4 nitrogen and oxygen atoms in total. The average molecular weight is 361 g/mol. The molecular formula is C21H19N3OS. The van der Waals surface area contributed by atoms with E-state index in [4.69, 9.17) is 9.97 Å². The van der Waals surface area contributed by atoms with Gasteiger partial charge in [0.25, 0.3) is 0 Å². The van der Waals surface area contributed by atoms with E-state index in [1.807, 2.05) is 30.3 Å². The van der Waals surface area contributed by atoms with Gasteiger partial charge in [0.2, 0.25) is 0 Å². The minimum Gasteiger partial charge on any atom is -0.508 e. The molecule has 0 bridgehead atoms. The summed E-state index contributed by atoms with van der Waals surface area (Å²) in [7, 11) is 0. The van der Waals surface area contributed by atoms with Crippen molar-refractivity contribution in [2.75, 3.05) is 5.32 Å². The first-order chi connectivity index (χ1) is 12.6. The molecule has 0 saturated heterocycles. The van der Waals surface area contributed by atoms with Gasteiger partial charge in [-0.2, -0.15) is 0 Å². The molecule has 2 aromatic carbocycles. The van der Waals surface area contributed by atoms with Crippen LogP contribution in [0.4, 0.5) is 11.5 Å². The van der Waals surface area contributed by atoms with Crippen molar-refractivity contribution in [3.05, 3.63) is 76.4 Å². The predicted molar refractivity (Wildman–Crippen MR) is 108 cm³/mol. The smallest absolute Gasteiger partial charge is 0.143 e. The maximum Gasteiger partial charge on any atom is 0.143 e. The van der Waals surface area contributed by atoms with Crippen LogP contribution in [0.25, 0.3) is 10.2 Å². The number of phenolic OH excluding ortho intramolecular Hbond substituents is 1. The molecule has 0 fully saturated rings. The molecule has 26 heavy (non-hydrogen) atoms. The third-order valence-corrected chi connectivity index (χ3v) is 5.51. The van der Waals surface area contributed by atoms with Gasteiger partial charge in [-0.15, -0.1) is 11.3 Å². The van der Waals surface area contributed by atoms with Gasteiger partial charge in [-0.05, 0) is 49.2 Å². The fourth-order valence-corrected chi connectivity index (χ4v) is 3.97. The Labute approximate surface area is 156 Å². The molecule has 0 aliphatic rings. The van der Waals surface area contributed by atoms with Crippen molar-refractivity contribution in [3.63, 3.8) is 0 Å². The van der Waals surface area contributed by atoms with Gasteiger partial charge in [0.1, 0.15) is 22.2 Å². The highest BCUT2D eigenvalue weighted by Gasteiger charge is 2.15. The van der Waals surface area contributed by atoms with Gasteiger partial charge in [-0.25, -0.2) is 9.97 Å². The highest BCUT2D eigenvalue weighted by atomic mass is 32.1. The maximum absolute atomic E-state index is 9.50. The topological polar surface area (TPSA) is 58.0 Å². The normalized spacial score (nSPS) is 11.0. The number of anilines is 2. The Kier molecular flexibility index (Phi) is 4.31. The second-order valence-electron chi connectivity index (χ2n) is 6.29. The van der Waals surface area contributed by atoms with Crippen molar-refractivity contribution in [2.45, 2.75) is 20.3 Å². The standard InChI is InChI=1S/C21H19N3OS/c1-13-14(2)26-21-19(13)20(22-16-8-10-17(25)11-9-16)23-18(24-21)12-15-6-4-3-5-7-15/h3-11,25H,12H2,1-2H3,(H,22,23,24). The molecule has 0 unspecified atom stereocenters. The van der Waals surface area contributed by atoms with Crippen LogP contribution in [0.1, 0.15) is 21.8 Å². The van der Waals surface area contributed by atoms with Gasteiger partial charge in [-0.1, -0.05) is 30.3 Å². The van der Waals surface area contributed by atoms with Gasteiger partial charge in [-0.3, -0.25) is 0 Å². The summed E-state index contributed by atoms with van der Waals surface area (Å²) in [4.78, 5) is 11.9. The largest absolute Gasteiger partial charge is 0.508 e. The van der Waals surface area contributed by atoms with Crippen LogP contribution >= 0.6 is 11.3 Å². The van der Waals surface area contributed by atoms with E-state index in [1.165, 1.54) is 16.0 Å². The van der Waals surface area contributed by atoms with Crippen LogP contribution in [0.15, 0.2) is 54.6 Å². The molecule has 2 heterocycles. The van der Waals surface area contributed by atoms with Crippen LogP contribution in [0.2, 0.25) is 0 Å². The summed E-state index contributed by atoms with van der Waals surface area (Å²) in [6.07, 6.45) is 0.692. The summed E-state index contributed by atoms with van der Waals surface area (Å²) in [6, 6.07) is 17.3. The minimum absolute atomic E-state index is 0.246. The Morgan fingerprint density at radius 2 is 1.69 bits per heavy atom. The van der Waals surface area contributed by atoms with Crippen molar-refractivity contribution in [3.8, 4) is 5.75 Å². The second kappa shape index (κ2) is 6.77. The predicted octanol–water partition coefficient (Wildman–Crippen LogP) is 5.35. The van der Waals surface area contributed by atoms with Crippen molar-refractivity contribution in [1.29, 1.82) is 0 Å². The summed E-state index contributed by atoms with van der Waals surface area (Å²) in [6.45, 7) is 4.22. The second-order valence-corrected chi connectivity index (χ2v) is 7.49. The molecule has 0 saturated carbocycles. The summed E-state index contributed by atoms with van der Waals surface area (Å²) in [5.41, 5.74) is 3.28. The Hall–Kier alpha value is -2.92. The maximum atomic E-state index is 9.50. The molecule has 130 valence electrons. The van der Waals surface area contributed by atoms with Gasteiger partial charge in [0.05, 0.1) is 5.39 Å². The third-order valence-electron chi connectivity index (χ3n) is 4.41. The van der Waals surface area contributed by atoms with Crippen LogP contribution < -0.4 is 5.32 Å². The first-order valence-corrected chi connectivity index (χ1v) is 9.28. The number of aryl methyl sites for hydroxylation is 2. The van der Waals surface area contributed by atoms with Crippen LogP contribution in [0, 0.1) is 13.8 Å². The van der Waals surface area contributed by atoms with E-state index in [9.17, 15) is 5.11 Å². The Bertz CT molecular complexity index is 1060. The monoisotopic (exact) mass is 361 g/mol. The lowest BCUT2D eigenvalue weighted by Gasteiger charge is -2.10. The van der Waals surface area contributed by atoms with E-state index in [2.05, 4.69) is 31.3 Å². The molecule has 0 radical (unpaired) electrons. The van der Waals surface area contributed by atoms with Crippen LogP contribution in [0.3, 0.4) is 0 Å². The van der Waals surface area contributed by atoms with Gasteiger partial charge < -0.3 is 10.4 Å². The number of nitrogens with zero attached hydrogens (tertiary/aromatic N) is 2. The number of benzene rings is 2. The fraction of sp³-hybridized carbons (Fsp3) is 0.143. The number of thiophene rings is 1. The van der Waals surface area contributed by atoms with Crippen LogP contribution in [-0.2, 0) is 6.42 Å². The number of phenols is 1. The number of hydrogen-bond acceptors (Lipinski definition) is 5. The third kappa shape index (κ3) is 3.26. The molecule has 4 aromatic rings. The first-order valence-electron chi connectivity index (χ1n) is 8.47. The molecule has 0 amide bonds. The minimum atomic E-state index is 0.246. The Morgan fingerprint density at radius 1 is 0.962 bits per heavy atom. The average Bonchev–Trinajstić information content (AvgIpc) is 2.92. The van der Waals surface area contributed by atoms with Crippen molar-refractivity contribution >= 4 is 33.1 Å². The van der Waals surface area contributed by atoms with E-state index in [0.717, 1.165) is 27.5 Å². The summed E-state index contributed by atoms with van der Waals surface area (Å²) < 4.78 is 0.